The third-order valence-corrected chi connectivity index (χ3v) is 4.77. The van der Waals surface area contributed by atoms with Gasteiger partial charge in [-0.05, 0) is 31.4 Å². The van der Waals surface area contributed by atoms with Gasteiger partial charge in [0.2, 0.25) is 5.91 Å². The number of carbonyl (C=O) groups is 1. The standard InChI is InChI=1S/C17H26N2O.ClH/c1-3-17(4-2,15-8-6-5-7-9-15)13-19-16(20)14-10-11-18-12-14;/h5-9,14,18H,3-4,10-13H2,1-2H3,(H,19,20);1H. The van der Waals surface area contributed by atoms with Crippen molar-refractivity contribution < 1.29 is 4.79 Å². The summed E-state index contributed by atoms with van der Waals surface area (Å²) in [4.78, 5) is 12.2. The molecule has 0 bridgehead atoms. The molecule has 1 unspecified atom stereocenters. The Bertz CT molecular complexity index is 426. The quantitative estimate of drug-likeness (QED) is 0.848. The third-order valence-electron chi connectivity index (χ3n) is 4.77. The van der Waals surface area contributed by atoms with E-state index in [2.05, 4.69) is 48.7 Å². The van der Waals surface area contributed by atoms with Gasteiger partial charge < -0.3 is 10.6 Å². The maximum absolute atomic E-state index is 12.2. The monoisotopic (exact) mass is 310 g/mol. The lowest BCUT2D eigenvalue weighted by molar-refractivity contribution is -0.124. The molecule has 0 radical (unpaired) electrons. The van der Waals surface area contributed by atoms with Gasteiger partial charge >= 0.3 is 0 Å². The average molecular weight is 311 g/mol. The molecule has 1 aliphatic heterocycles. The molecule has 4 heteroatoms. The van der Waals surface area contributed by atoms with Crippen LogP contribution in [0.2, 0.25) is 0 Å². The van der Waals surface area contributed by atoms with E-state index in [4.69, 9.17) is 0 Å². The first-order valence-electron chi connectivity index (χ1n) is 7.76. The summed E-state index contributed by atoms with van der Waals surface area (Å²) in [7, 11) is 0. The topological polar surface area (TPSA) is 41.1 Å². The highest BCUT2D eigenvalue weighted by Gasteiger charge is 2.30. The Morgan fingerprint density at radius 1 is 1.29 bits per heavy atom. The van der Waals surface area contributed by atoms with Crippen molar-refractivity contribution in [3.05, 3.63) is 35.9 Å². The summed E-state index contributed by atoms with van der Waals surface area (Å²) in [5.74, 6) is 0.356. The van der Waals surface area contributed by atoms with Crippen LogP contribution in [0.4, 0.5) is 0 Å². The Kier molecular flexibility index (Phi) is 7.20. The molecule has 0 aromatic heterocycles. The van der Waals surface area contributed by atoms with E-state index in [1.165, 1.54) is 5.56 Å². The molecule has 3 nitrogen and oxygen atoms in total. The predicted octanol–water partition coefficient (Wildman–Crippen LogP) is 2.89. The van der Waals surface area contributed by atoms with Gasteiger partial charge in [0.25, 0.3) is 0 Å². The average Bonchev–Trinajstić information content (AvgIpc) is 3.04. The molecule has 1 aromatic rings. The van der Waals surface area contributed by atoms with Crippen LogP contribution in [0.1, 0.15) is 38.7 Å². The van der Waals surface area contributed by atoms with Crippen molar-refractivity contribution in [3.8, 4) is 0 Å². The zero-order valence-electron chi connectivity index (χ0n) is 13.0. The van der Waals surface area contributed by atoms with Gasteiger partial charge in [0.05, 0.1) is 5.92 Å². The number of halogens is 1. The van der Waals surface area contributed by atoms with E-state index in [9.17, 15) is 4.79 Å². The first-order chi connectivity index (χ1) is 9.72. The van der Waals surface area contributed by atoms with Crippen molar-refractivity contribution in [1.29, 1.82) is 0 Å². The summed E-state index contributed by atoms with van der Waals surface area (Å²) in [6.45, 7) is 6.94. The fourth-order valence-electron chi connectivity index (χ4n) is 3.08. The summed E-state index contributed by atoms with van der Waals surface area (Å²) in [5.41, 5.74) is 1.39. The number of rotatable bonds is 6. The Labute approximate surface area is 134 Å². The molecule has 1 heterocycles. The largest absolute Gasteiger partial charge is 0.355 e. The minimum atomic E-state index is 0. The van der Waals surface area contributed by atoms with E-state index in [0.29, 0.717) is 0 Å². The van der Waals surface area contributed by atoms with Crippen molar-refractivity contribution in [1.82, 2.24) is 10.6 Å². The Balaban J connectivity index is 0.00000220. The lowest BCUT2D eigenvalue weighted by Crippen LogP contribution is -2.42. The molecule has 0 spiro atoms. The smallest absolute Gasteiger partial charge is 0.224 e. The number of nitrogens with one attached hydrogen (secondary N) is 2. The van der Waals surface area contributed by atoms with E-state index < -0.39 is 0 Å². The van der Waals surface area contributed by atoms with Gasteiger partial charge in [0.1, 0.15) is 0 Å². The molecule has 118 valence electrons. The minimum Gasteiger partial charge on any atom is -0.355 e. The van der Waals surface area contributed by atoms with Crippen LogP contribution in [0.3, 0.4) is 0 Å². The summed E-state index contributed by atoms with van der Waals surface area (Å²) in [6.07, 6.45) is 3.04. The number of carbonyl (C=O) groups excluding carboxylic acids is 1. The van der Waals surface area contributed by atoms with Crippen molar-refractivity contribution in [2.24, 2.45) is 5.92 Å². The van der Waals surface area contributed by atoms with Crippen LogP contribution in [0.25, 0.3) is 0 Å². The second-order valence-corrected chi connectivity index (χ2v) is 5.76. The van der Waals surface area contributed by atoms with E-state index in [-0.39, 0.29) is 29.6 Å². The van der Waals surface area contributed by atoms with Gasteiger partial charge in [0.15, 0.2) is 0 Å². The molecule has 1 amide bonds. The summed E-state index contributed by atoms with van der Waals surface area (Å²) in [5, 5.41) is 6.44. The van der Waals surface area contributed by atoms with E-state index >= 15 is 0 Å². The minimum absolute atomic E-state index is 0. The zero-order chi connectivity index (χ0) is 14.4. The van der Waals surface area contributed by atoms with Crippen LogP contribution in [0.15, 0.2) is 30.3 Å². The first-order valence-corrected chi connectivity index (χ1v) is 7.76. The van der Waals surface area contributed by atoms with Crippen molar-refractivity contribution in [3.63, 3.8) is 0 Å². The Morgan fingerprint density at radius 2 is 1.95 bits per heavy atom. The second kappa shape index (κ2) is 8.40. The summed E-state index contributed by atoms with van der Waals surface area (Å²) < 4.78 is 0. The first kappa shape index (κ1) is 18.0. The summed E-state index contributed by atoms with van der Waals surface area (Å²) >= 11 is 0. The van der Waals surface area contributed by atoms with Gasteiger partial charge in [-0.15, -0.1) is 12.4 Å². The van der Waals surface area contributed by atoms with Gasteiger partial charge in [-0.25, -0.2) is 0 Å². The molecular formula is C17H27ClN2O. The van der Waals surface area contributed by atoms with Crippen LogP contribution >= 0.6 is 12.4 Å². The summed E-state index contributed by atoms with van der Waals surface area (Å²) in [6, 6.07) is 10.6. The van der Waals surface area contributed by atoms with Gasteiger partial charge in [-0.1, -0.05) is 44.2 Å². The number of benzene rings is 1. The van der Waals surface area contributed by atoms with Crippen LogP contribution in [0, 0.1) is 5.92 Å². The molecule has 1 saturated heterocycles. The van der Waals surface area contributed by atoms with Crippen LogP contribution < -0.4 is 10.6 Å². The second-order valence-electron chi connectivity index (χ2n) is 5.76. The van der Waals surface area contributed by atoms with Crippen molar-refractivity contribution in [2.75, 3.05) is 19.6 Å². The Morgan fingerprint density at radius 3 is 2.48 bits per heavy atom. The molecule has 2 N–H and O–H groups in total. The molecule has 1 atom stereocenters. The van der Waals surface area contributed by atoms with E-state index in [0.717, 1.165) is 38.9 Å². The normalized spacial score (nSPS) is 18.1. The third kappa shape index (κ3) is 4.21. The van der Waals surface area contributed by atoms with E-state index in [1.54, 1.807) is 0 Å². The highest BCUT2D eigenvalue weighted by Crippen LogP contribution is 2.31. The van der Waals surface area contributed by atoms with Gasteiger partial charge in [0, 0.05) is 18.5 Å². The molecule has 1 aliphatic rings. The molecule has 21 heavy (non-hydrogen) atoms. The SMILES string of the molecule is CCC(CC)(CNC(=O)C1CCNC1)c1ccccc1.Cl. The predicted molar refractivity (Wildman–Crippen MR) is 89.9 cm³/mol. The molecule has 1 aromatic carbocycles. The Hall–Kier alpha value is -1.06. The fourth-order valence-corrected chi connectivity index (χ4v) is 3.08. The highest BCUT2D eigenvalue weighted by molar-refractivity contribution is 5.85. The van der Waals surface area contributed by atoms with Crippen LogP contribution in [-0.4, -0.2) is 25.5 Å². The lowest BCUT2D eigenvalue weighted by atomic mass is 9.75. The molecular weight excluding hydrogens is 284 g/mol. The maximum Gasteiger partial charge on any atom is 0.224 e. The highest BCUT2D eigenvalue weighted by atomic mass is 35.5. The molecule has 0 aliphatic carbocycles. The van der Waals surface area contributed by atoms with Crippen LogP contribution in [0.5, 0.6) is 0 Å². The number of hydrogen-bond acceptors (Lipinski definition) is 2. The number of amides is 1. The molecule has 1 fully saturated rings. The molecule has 0 saturated carbocycles. The van der Waals surface area contributed by atoms with Gasteiger partial charge in [-0.2, -0.15) is 0 Å². The van der Waals surface area contributed by atoms with E-state index in [1.807, 2.05) is 6.07 Å². The lowest BCUT2D eigenvalue weighted by Gasteiger charge is -2.33. The number of hydrogen-bond donors (Lipinski definition) is 2. The van der Waals surface area contributed by atoms with Crippen molar-refractivity contribution >= 4 is 18.3 Å². The van der Waals surface area contributed by atoms with Gasteiger partial charge in [-0.3, -0.25) is 4.79 Å². The van der Waals surface area contributed by atoms with Crippen LogP contribution in [-0.2, 0) is 10.2 Å². The van der Waals surface area contributed by atoms with Crippen molar-refractivity contribution in [2.45, 2.75) is 38.5 Å². The maximum atomic E-state index is 12.2. The zero-order valence-corrected chi connectivity index (χ0v) is 13.8. The fraction of sp³-hybridized carbons (Fsp3) is 0.588. The molecule has 2 rings (SSSR count).